The molecule has 0 bridgehead atoms. The van der Waals surface area contributed by atoms with Gasteiger partial charge in [-0.3, -0.25) is 9.59 Å². The van der Waals surface area contributed by atoms with Crippen LogP contribution in [0.4, 0.5) is 5.69 Å². The van der Waals surface area contributed by atoms with Crippen molar-refractivity contribution in [2.45, 2.75) is 26.0 Å². The van der Waals surface area contributed by atoms with E-state index in [4.69, 9.17) is 13.9 Å². The van der Waals surface area contributed by atoms with Gasteiger partial charge in [0.1, 0.15) is 17.3 Å². The molecule has 2 amide bonds. The van der Waals surface area contributed by atoms with Crippen LogP contribution in [0.15, 0.2) is 71.3 Å². The highest BCUT2D eigenvalue weighted by Crippen LogP contribution is 2.21. The Bertz CT molecular complexity index is 968. The third-order valence-electron chi connectivity index (χ3n) is 4.43. The number of nitrogens with one attached hydrogen (secondary N) is 2. The summed E-state index contributed by atoms with van der Waals surface area (Å²) < 4.78 is 16.2. The topological polar surface area (TPSA) is 89.8 Å². The second-order valence-corrected chi connectivity index (χ2v) is 6.49. The van der Waals surface area contributed by atoms with Gasteiger partial charge in [-0.25, -0.2) is 0 Å². The van der Waals surface area contributed by atoms with Crippen molar-refractivity contribution in [1.29, 1.82) is 0 Å². The van der Waals surface area contributed by atoms with Gasteiger partial charge in [0.15, 0.2) is 6.10 Å². The van der Waals surface area contributed by atoms with E-state index in [1.165, 1.54) is 0 Å². The minimum atomic E-state index is -0.711. The van der Waals surface area contributed by atoms with Crippen LogP contribution in [0.3, 0.4) is 0 Å². The second-order valence-electron chi connectivity index (χ2n) is 6.49. The molecular formula is C23H24N2O5. The molecule has 7 heteroatoms. The van der Waals surface area contributed by atoms with Crippen molar-refractivity contribution in [3.05, 3.63) is 78.3 Å². The smallest absolute Gasteiger partial charge is 0.265 e. The molecule has 2 aromatic carbocycles. The molecule has 0 fully saturated rings. The average Bonchev–Trinajstić information content (AvgIpc) is 3.30. The van der Waals surface area contributed by atoms with Gasteiger partial charge in [-0.2, -0.15) is 0 Å². The molecule has 1 aromatic heterocycles. The molecule has 0 saturated carbocycles. The predicted molar refractivity (Wildman–Crippen MR) is 113 cm³/mol. The first-order valence-electron chi connectivity index (χ1n) is 9.62. The maximum absolute atomic E-state index is 12.8. The Hall–Kier alpha value is -3.74. The third-order valence-corrected chi connectivity index (χ3v) is 4.43. The quantitative estimate of drug-likeness (QED) is 0.558. The zero-order chi connectivity index (χ0) is 21.3. The van der Waals surface area contributed by atoms with Crippen LogP contribution in [-0.2, 0) is 11.3 Å². The van der Waals surface area contributed by atoms with Crippen LogP contribution in [0, 0.1) is 0 Å². The van der Waals surface area contributed by atoms with Crippen molar-refractivity contribution in [1.82, 2.24) is 5.32 Å². The lowest BCUT2D eigenvalue weighted by molar-refractivity contribution is -0.122. The number of hydrogen-bond acceptors (Lipinski definition) is 5. The van der Waals surface area contributed by atoms with Crippen molar-refractivity contribution < 1.29 is 23.5 Å². The highest BCUT2D eigenvalue weighted by molar-refractivity contribution is 6.04. The Morgan fingerprint density at radius 3 is 2.40 bits per heavy atom. The van der Waals surface area contributed by atoms with E-state index in [1.54, 1.807) is 74.0 Å². The molecule has 1 heterocycles. The summed E-state index contributed by atoms with van der Waals surface area (Å²) in [5, 5.41) is 5.59. The monoisotopic (exact) mass is 408 g/mol. The molecule has 3 aromatic rings. The molecule has 7 nitrogen and oxygen atoms in total. The zero-order valence-corrected chi connectivity index (χ0v) is 16.9. The van der Waals surface area contributed by atoms with Crippen LogP contribution in [0.2, 0.25) is 0 Å². The van der Waals surface area contributed by atoms with Gasteiger partial charge < -0.3 is 24.5 Å². The summed E-state index contributed by atoms with van der Waals surface area (Å²) in [5.41, 5.74) is 0.771. The molecule has 30 heavy (non-hydrogen) atoms. The number of benzene rings is 2. The SMILES string of the molecule is CC[C@H](Oc1ccc(OC)cc1)C(=O)Nc1ccccc1C(=O)NCc1ccco1. The maximum Gasteiger partial charge on any atom is 0.265 e. The molecular weight excluding hydrogens is 384 g/mol. The van der Waals surface area contributed by atoms with E-state index in [-0.39, 0.29) is 18.4 Å². The van der Waals surface area contributed by atoms with E-state index in [2.05, 4.69) is 10.6 Å². The van der Waals surface area contributed by atoms with E-state index in [0.717, 1.165) is 0 Å². The Morgan fingerprint density at radius 2 is 1.73 bits per heavy atom. The van der Waals surface area contributed by atoms with Gasteiger partial charge in [-0.15, -0.1) is 0 Å². The van der Waals surface area contributed by atoms with Crippen LogP contribution in [0.1, 0.15) is 29.5 Å². The van der Waals surface area contributed by atoms with Crippen LogP contribution in [0.25, 0.3) is 0 Å². The van der Waals surface area contributed by atoms with Gasteiger partial charge in [-0.1, -0.05) is 19.1 Å². The first-order chi connectivity index (χ1) is 14.6. The normalized spacial score (nSPS) is 11.4. The van der Waals surface area contributed by atoms with Crippen molar-refractivity contribution in [2.24, 2.45) is 0 Å². The fourth-order valence-corrected chi connectivity index (χ4v) is 2.82. The standard InChI is InChI=1S/C23H24N2O5/c1-3-21(30-17-12-10-16(28-2)11-13-17)23(27)25-20-9-5-4-8-19(20)22(26)24-15-18-7-6-14-29-18/h4-14,21H,3,15H2,1-2H3,(H,24,26)(H,25,27)/t21-/m0/s1. The second kappa shape index (κ2) is 10.2. The van der Waals surface area contributed by atoms with Gasteiger partial charge in [0.05, 0.1) is 31.2 Å². The Labute approximate surface area is 175 Å². The summed E-state index contributed by atoms with van der Waals surface area (Å²) in [7, 11) is 1.58. The van der Waals surface area contributed by atoms with Crippen molar-refractivity contribution >= 4 is 17.5 Å². The lowest BCUT2D eigenvalue weighted by atomic mass is 10.1. The lowest BCUT2D eigenvalue weighted by Crippen LogP contribution is -2.33. The summed E-state index contributed by atoms with van der Waals surface area (Å²) in [5.74, 6) is 1.26. The number of rotatable bonds is 9. The molecule has 0 aliphatic rings. The Morgan fingerprint density at radius 1 is 1.00 bits per heavy atom. The third kappa shape index (κ3) is 5.41. The van der Waals surface area contributed by atoms with Gasteiger partial charge in [-0.05, 0) is 55.0 Å². The van der Waals surface area contributed by atoms with E-state index < -0.39 is 6.10 Å². The van der Waals surface area contributed by atoms with E-state index in [9.17, 15) is 9.59 Å². The Balaban J connectivity index is 1.66. The van der Waals surface area contributed by atoms with Crippen LogP contribution >= 0.6 is 0 Å². The first kappa shape index (κ1) is 21.0. The zero-order valence-electron chi connectivity index (χ0n) is 16.9. The number of methoxy groups -OCH3 is 1. The highest BCUT2D eigenvalue weighted by atomic mass is 16.5. The molecule has 2 N–H and O–H groups in total. The summed E-state index contributed by atoms with van der Waals surface area (Å²) in [6.45, 7) is 2.11. The van der Waals surface area contributed by atoms with Gasteiger partial charge in [0.2, 0.25) is 0 Å². The van der Waals surface area contributed by atoms with Crippen LogP contribution in [-0.4, -0.2) is 25.0 Å². The number of carbonyl (C=O) groups is 2. The fraction of sp³-hybridized carbons (Fsp3) is 0.217. The van der Waals surface area contributed by atoms with Crippen molar-refractivity contribution in [3.8, 4) is 11.5 Å². The molecule has 156 valence electrons. The molecule has 0 aliphatic carbocycles. The summed E-state index contributed by atoms with van der Waals surface area (Å²) in [4.78, 5) is 25.4. The molecule has 1 atom stereocenters. The van der Waals surface area contributed by atoms with Crippen LogP contribution in [0.5, 0.6) is 11.5 Å². The highest BCUT2D eigenvalue weighted by Gasteiger charge is 2.21. The number of furan rings is 1. The summed E-state index contributed by atoms with van der Waals surface area (Å²) in [6.07, 6.45) is 1.30. The average molecular weight is 408 g/mol. The Kier molecular flexibility index (Phi) is 7.10. The summed E-state index contributed by atoms with van der Waals surface area (Å²) in [6, 6.07) is 17.4. The molecule has 0 unspecified atom stereocenters. The number of carbonyl (C=O) groups excluding carboxylic acids is 2. The number of ether oxygens (including phenoxy) is 2. The van der Waals surface area contributed by atoms with Crippen molar-refractivity contribution in [2.75, 3.05) is 12.4 Å². The molecule has 0 radical (unpaired) electrons. The van der Waals surface area contributed by atoms with E-state index in [0.29, 0.717) is 34.9 Å². The lowest BCUT2D eigenvalue weighted by Gasteiger charge is -2.18. The number of para-hydroxylation sites is 1. The summed E-state index contributed by atoms with van der Waals surface area (Å²) >= 11 is 0. The van der Waals surface area contributed by atoms with E-state index >= 15 is 0 Å². The number of hydrogen-bond donors (Lipinski definition) is 2. The largest absolute Gasteiger partial charge is 0.497 e. The van der Waals surface area contributed by atoms with Gasteiger partial charge >= 0.3 is 0 Å². The van der Waals surface area contributed by atoms with Crippen molar-refractivity contribution in [3.63, 3.8) is 0 Å². The van der Waals surface area contributed by atoms with E-state index in [1.807, 2.05) is 6.92 Å². The molecule has 0 saturated heterocycles. The molecule has 0 spiro atoms. The predicted octanol–water partition coefficient (Wildman–Crippen LogP) is 4.01. The van der Waals surface area contributed by atoms with Gasteiger partial charge in [0.25, 0.3) is 11.8 Å². The fourth-order valence-electron chi connectivity index (χ4n) is 2.82. The van der Waals surface area contributed by atoms with Gasteiger partial charge in [0, 0.05) is 0 Å². The maximum atomic E-state index is 12.8. The molecule has 0 aliphatic heterocycles. The minimum Gasteiger partial charge on any atom is -0.497 e. The minimum absolute atomic E-state index is 0.256. The number of amides is 2. The molecule has 3 rings (SSSR count). The first-order valence-corrected chi connectivity index (χ1v) is 9.62. The number of anilines is 1. The van der Waals surface area contributed by atoms with Crippen LogP contribution < -0.4 is 20.1 Å².